The summed E-state index contributed by atoms with van der Waals surface area (Å²) in [6.45, 7) is 0. The molecule has 0 radical (unpaired) electrons. The molecule has 0 saturated heterocycles. The minimum atomic E-state index is -0.926. The van der Waals surface area contributed by atoms with Gasteiger partial charge in [0.2, 0.25) is 0 Å². The van der Waals surface area contributed by atoms with Crippen molar-refractivity contribution >= 4 is 39.3 Å². The van der Waals surface area contributed by atoms with Crippen molar-refractivity contribution in [1.82, 2.24) is 4.98 Å². The number of fused-ring (bicyclic) bond motifs is 1. The van der Waals surface area contributed by atoms with Crippen molar-refractivity contribution in [1.29, 1.82) is 0 Å². The van der Waals surface area contributed by atoms with Crippen LogP contribution in [0.5, 0.6) is 0 Å². The molecule has 86 valence electrons. The fourth-order valence-corrected chi connectivity index (χ4v) is 2.45. The minimum Gasteiger partial charge on any atom is -0.389 e. The molecule has 0 saturated carbocycles. The van der Waals surface area contributed by atoms with Gasteiger partial charge in [0, 0.05) is 5.75 Å². The van der Waals surface area contributed by atoms with Gasteiger partial charge in [-0.1, -0.05) is 17.4 Å². The van der Waals surface area contributed by atoms with Crippen molar-refractivity contribution in [3.05, 3.63) is 23.8 Å². The highest BCUT2D eigenvalue weighted by atomic mass is 32.1. The number of thiol groups is 1. The summed E-state index contributed by atoms with van der Waals surface area (Å²) >= 11 is 5.30. The Hall–Kier alpha value is -0.820. The van der Waals surface area contributed by atoms with Gasteiger partial charge in [-0.15, -0.1) is 0 Å². The monoisotopic (exact) mass is 256 g/mol. The number of aliphatic hydroxyl groups excluding tert-OH is 2. The van der Waals surface area contributed by atoms with Crippen LogP contribution in [0.25, 0.3) is 10.2 Å². The van der Waals surface area contributed by atoms with Crippen LogP contribution in [0, 0.1) is 0 Å². The zero-order chi connectivity index (χ0) is 11.7. The number of aliphatic hydroxyl groups is 2. The molecule has 2 aromatic rings. The van der Waals surface area contributed by atoms with Crippen LogP contribution in [0.15, 0.2) is 18.2 Å². The number of anilines is 1. The molecular formula is C10H12N2O2S2. The lowest BCUT2D eigenvalue weighted by Gasteiger charge is -2.15. The average Bonchev–Trinajstić information content (AvgIpc) is 2.65. The van der Waals surface area contributed by atoms with Crippen molar-refractivity contribution in [2.75, 3.05) is 11.5 Å². The maximum absolute atomic E-state index is 9.81. The van der Waals surface area contributed by atoms with Crippen LogP contribution >= 0.6 is 24.0 Å². The predicted molar refractivity (Wildman–Crippen MR) is 68.9 cm³/mol. The molecule has 0 amide bonds. The van der Waals surface area contributed by atoms with E-state index in [-0.39, 0.29) is 5.75 Å². The lowest BCUT2D eigenvalue weighted by Crippen LogP contribution is -2.19. The zero-order valence-corrected chi connectivity index (χ0v) is 10.1. The van der Waals surface area contributed by atoms with Crippen LogP contribution in [-0.2, 0) is 0 Å². The topological polar surface area (TPSA) is 79.4 Å². The maximum Gasteiger partial charge on any atom is 0.181 e. The molecule has 2 unspecified atom stereocenters. The summed E-state index contributed by atoms with van der Waals surface area (Å²) in [6.07, 6.45) is -1.80. The summed E-state index contributed by atoms with van der Waals surface area (Å²) in [4.78, 5) is 4.12. The van der Waals surface area contributed by atoms with Crippen molar-refractivity contribution in [3.8, 4) is 0 Å². The summed E-state index contributed by atoms with van der Waals surface area (Å²) in [6, 6.07) is 5.31. The second-order valence-corrected chi connectivity index (χ2v) is 4.90. The van der Waals surface area contributed by atoms with Gasteiger partial charge in [-0.2, -0.15) is 12.6 Å². The molecule has 2 rings (SSSR count). The fourth-order valence-electron chi connectivity index (χ4n) is 1.46. The minimum absolute atomic E-state index is 0.212. The third-order valence-corrected chi connectivity index (χ3v) is 3.54. The molecule has 1 heterocycles. The highest BCUT2D eigenvalue weighted by molar-refractivity contribution is 7.80. The SMILES string of the molecule is Nc1nc2ccc(C(O)C(O)CS)cc2s1. The van der Waals surface area contributed by atoms with Crippen molar-refractivity contribution < 1.29 is 10.2 Å². The Balaban J connectivity index is 2.38. The Morgan fingerprint density at radius 2 is 2.19 bits per heavy atom. The number of benzene rings is 1. The van der Waals surface area contributed by atoms with E-state index in [1.807, 2.05) is 0 Å². The molecule has 0 aliphatic rings. The van der Waals surface area contributed by atoms with E-state index in [1.54, 1.807) is 18.2 Å². The van der Waals surface area contributed by atoms with E-state index in [2.05, 4.69) is 17.6 Å². The molecule has 1 aromatic heterocycles. The molecule has 0 bridgehead atoms. The molecular weight excluding hydrogens is 244 g/mol. The Bertz CT molecular complexity index is 501. The number of nitrogen functional groups attached to an aromatic ring is 1. The van der Waals surface area contributed by atoms with Crippen LogP contribution in [0.3, 0.4) is 0 Å². The number of nitrogens with two attached hydrogens (primary N) is 1. The summed E-state index contributed by atoms with van der Waals surface area (Å²) in [5.74, 6) is 0.212. The molecule has 0 spiro atoms. The Morgan fingerprint density at radius 1 is 1.44 bits per heavy atom. The Labute approximate surface area is 102 Å². The highest BCUT2D eigenvalue weighted by Crippen LogP contribution is 2.28. The normalized spacial score (nSPS) is 15.2. The number of rotatable bonds is 3. The highest BCUT2D eigenvalue weighted by Gasteiger charge is 2.17. The molecule has 16 heavy (non-hydrogen) atoms. The Morgan fingerprint density at radius 3 is 2.88 bits per heavy atom. The van der Waals surface area contributed by atoms with Crippen molar-refractivity contribution in [2.45, 2.75) is 12.2 Å². The van der Waals surface area contributed by atoms with Gasteiger partial charge in [-0.3, -0.25) is 0 Å². The van der Waals surface area contributed by atoms with Gasteiger partial charge in [-0.25, -0.2) is 4.98 Å². The van der Waals surface area contributed by atoms with E-state index in [1.165, 1.54) is 11.3 Å². The average molecular weight is 256 g/mol. The standard InChI is InChI=1S/C10H12N2O2S2/c11-10-12-6-2-1-5(3-8(6)16-10)9(14)7(13)4-15/h1-3,7,9,13-15H,4H2,(H2,11,12). The molecule has 1 aromatic carbocycles. The number of thiazole rings is 1. The molecule has 0 fully saturated rings. The smallest absolute Gasteiger partial charge is 0.181 e. The Kier molecular flexibility index (Phi) is 3.34. The van der Waals surface area contributed by atoms with E-state index < -0.39 is 12.2 Å². The summed E-state index contributed by atoms with van der Waals surface area (Å²) in [5.41, 5.74) is 7.04. The van der Waals surface area contributed by atoms with Gasteiger partial charge in [0.05, 0.1) is 16.3 Å². The first-order chi connectivity index (χ1) is 7.61. The van der Waals surface area contributed by atoms with Gasteiger partial charge in [0.15, 0.2) is 5.13 Å². The maximum atomic E-state index is 9.81. The molecule has 2 atom stereocenters. The van der Waals surface area contributed by atoms with Crippen LogP contribution in [-0.4, -0.2) is 27.1 Å². The quantitative estimate of drug-likeness (QED) is 0.622. The van der Waals surface area contributed by atoms with E-state index in [0.29, 0.717) is 10.7 Å². The van der Waals surface area contributed by atoms with E-state index >= 15 is 0 Å². The van der Waals surface area contributed by atoms with Crippen molar-refractivity contribution in [2.24, 2.45) is 0 Å². The lowest BCUT2D eigenvalue weighted by molar-refractivity contribution is 0.0338. The zero-order valence-electron chi connectivity index (χ0n) is 8.37. The van der Waals surface area contributed by atoms with Gasteiger partial charge >= 0.3 is 0 Å². The van der Waals surface area contributed by atoms with E-state index in [4.69, 9.17) is 5.73 Å². The number of hydrogen-bond acceptors (Lipinski definition) is 6. The molecule has 0 aliphatic carbocycles. The number of aromatic nitrogens is 1. The fraction of sp³-hybridized carbons (Fsp3) is 0.300. The first kappa shape index (κ1) is 11.7. The van der Waals surface area contributed by atoms with Gasteiger partial charge in [0.25, 0.3) is 0 Å². The largest absolute Gasteiger partial charge is 0.389 e. The van der Waals surface area contributed by atoms with E-state index in [0.717, 1.165) is 10.2 Å². The third kappa shape index (κ3) is 2.15. The van der Waals surface area contributed by atoms with Crippen LogP contribution in [0.4, 0.5) is 5.13 Å². The van der Waals surface area contributed by atoms with Gasteiger partial charge in [0.1, 0.15) is 6.10 Å². The first-order valence-corrected chi connectivity index (χ1v) is 6.19. The molecule has 6 heteroatoms. The number of nitrogens with zero attached hydrogens (tertiary/aromatic N) is 1. The van der Waals surface area contributed by atoms with Crippen LogP contribution < -0.4 is 5.73 Å². The second kappa shape index (κ2) is 4.58. The molecule has 4 nitrogen and oxygen atoms in total. The van der Waals surface area contributed by atoms with Crippen LogP contribution in [0.2, 0.25) is 0 Å². The molecule has 4 N–H and O–H groups in total. The predicted octanol–water partition coefficient (Wildman–Crippen LogP) is 1.20. The van der Waals surface area contributed by atoms with Crippen LogP contribution in [0.1, 0.15) is 11.7 Å². The second-order valence-electron chi connectivity index (χ2n) is 3.47. The summed E-state index contributed by atoms with van der Waals surface area (Å²) in [5, 5.41) is 19.8. The third-order valence-electron chi connectivity index (χ3n) is 2.32. The van der Waals surface area contributed by atoms with Crippen molar-refractivity contribution in [3.63, 3.8) is 0 Å². The lowest BCUT2D eigenvalue weighted by atomic mass is 10.1. The number of hydrogen-bond donors (Lipinski definition) is 4. The molecule has 0 aliphatic heterocycles. The van der Waals surface area contributed by atoms with E-state index in [9.17, 15) is 10.2 Å². The first-order valence-electron chi connectivity index (χ1n) is 4.75. The van der Waals surface area contributed by atoms with Gasteiger partial charge < -0.3 is 15.9 Å². The summed E-state index contributed by atoms with van der Waals surface area (Å²) < 4.78 is 0.903. The van der Waals surface area contributed by atoms with Gasteiger partial charge in [-0.05, 0) is 17.7 Å². The summed E-state index contributed by atoms with van der Waals surface area (Å²) in [7, 11) is 0.